The van der Waals surface area contributed by atoms with Crippen LogP contribution in [0, 0.1) is 6.92 Å². The number of aryl methyl sites for hydroxylation is 1. The van der Waals surface area contributed by atoms with Gasteiger partial charge in [0.15, 0.2) is 0 Å². The topological polar surface area (TPSA) is 128 Å². The lowest BCUT2D eigenvalue weighted by Gasteiger charge is -2.24. The molecular weight excluding hydrogens is 448 g/mol. The maximum Gasteiger partial charge on any atom is 0.323 e. The molecule has 1 atom stereocenters. The van der Waals surface area contributed by atoms with Gasteiger partial charge in [-0.05, 0) is 49.1 Å². The molecular formula is C26H30N4O5. The fourth-order valence-electron chi connectivity index (χ4n) is 3.70. The number of hydrogen-bond acceptors (Lipinski definition) is 4. The number of nitrogens with zero attached hydrogens (tertiary/aromatic N) is 1. The molecule has 3 rings (SSSR count). The summed E-state index contributed by atoms with van der Waals surface area (Å²) in [6, 6.07) is 13.4. The largest absolute Gasteiger partial charge is 0.481 e. The summed E-state index contributed by atoms with van der Waals surface area (Å²) in [4.78, 5) is 49.7. The molecule has 0 spiro atoms. The first kappa shape index (κ1) is 25.5. The molecule has 4 amide bonds. The quantitative estimate of drug-likeness (QED) is 0.308. The lowest BCUT2D eigenvalue weighted by Crippen LogP contribution is -2.46. The summed E-state index contributed by atoms with van der Waals surface area (Å²) in [5, 5.41) is 17.0. The van der Waals surface area contributed by atoms with Crippen LogP contribution >= 0.6 is 0 Å². The van der Waals surface area contributed by atoms with Crippen molar-refractivity contribution in [3.63, 3.8) is 0 Å². The van der Waals surface area contributed by atoms with Crippen LogP contribution in [-0.4, -0.2) is 53.0 Å². The van der Waals surface area contributed by atoms with Crippen LogP contribution in [0.4, 0.5) is 16.2 Å². The highest BCUT2D eigenvalue weighted by molar-refractivity contribution is 6.00. The molecule has 0 aromatic heterocycles. The van der Waals surface area contributed by atoms with Gasteiger partial charge in [0.05, 0.1) is 6.42 Å². The minimum Gasteiger partial charge on any atom is -0.481 e. The van der Waals surface area contributed by atoms with E-state index in [2.05, 4.69) is 16.0 Å². The van der Waals surface area contributed by atoms with E-state index in [1.54, 1.807) is 36.4 Å². The number of carboxylic acid groups (broad SMARTS) is 1. The van der Waals surface area contributed by atoms with Crippen molar-refractivity contribution in [3.8, 4) is 0 Å². The van der Waals surface area contributed by atoms with Gasteiger partial charge in [0.1, 0.15) is 6.04 Å². The van der Waals surface area contributed by atoms with E-state index in [1.165, 1.54) is 4.90 Å². The number of rotatable bonds is 10. The number of benzene rings is 2. The van der Waals surface area contributed by atoms with E-state index in [0.717, 1.165) is 16.8 Å². The Morgan fingerprint density at radius 2 is 1.74 bits per heavy atom. The van der Waals surface area contributed by atoms with Crippen LogP contribution in [0.2, 0.25) is 0 Å². The highest BCUT2D eigenvalue weighted by Gasteiger charge is 2.30. The van der Waals surface area contributed by atoms with Crippen molar-refractivity contribution in [2.24, 2.45) is 0 Å². The number of carbonyl (C=O) groups excluding carboxylic acids is 3. The molecule has 1 unspecified atom stereocenters. The van der Waals surface area contributed by atoms with Gasteiger partial charge in [0.2, 0.25) is 11.8 Å². The van der Waals surface area contributed by atoms with Gasteiger partial charge < -0.3 is 26.0 Å². The van der Waals surface area contributed by atoms with E-state index in [1.807, 2.05) is 31.2 Å². The molecule has 0 saturated carbocycles. The Bertz CT molecular complexity index is 1100. The summed E-state index contributed by atoms with van der Waals surface area (Å²) in [6.07, 6.45) is 4.72. The van der Waals surface area contributed by atoms with Crippen LogP contribution in [0.1, 0.15) is 30.4 Å². The maximum atomic E-state index is 12.8. The van der Waals surface area contributed by atoms with E-state index in [9.17, 15) is 19.2 Å². The summed E-state index contributed by atoms with van der Waals surface area (Å²) in [7, 11) is 0. The number of urea groups is 1. The van der Waals surface area contributed by atoms with Crippen molar-refractivity contribution < 1.29 is 24.3 Å². The van der Waals surface area contributed by atoms with E-state index in [-0.39, 0.29) is 30.7 Å². The number of para-hydroxylation sites is 1. The molecule has 1 aliphatic heterocycles. The molecule has 184 valence electrons. The lowest BCUT2D eigenvalue weighted by atomic mass is 10.1. The second-order valence-electron chi connectivity index (χ2n) is 8.33. The zero-order valence-electron chi connectivity index (χ0n) is 19.6. The van der Waals surface area contributed by atoms with Gasteiger partial charge in [-0.2, -0.15) is 0 Å². The summed E-state index contributed by atoms with van der Waals surface area (Å²) in [6.45, 7) is 2.63. The summed E-state index contributed by atoms with van der Waals surface area (Å²) >= 11 is 0. The minimum atomic E-state index is -0.860. The Labute approximate surface area is 204 Å². The summed E-state index contributed by atoms with van der Waals surface area (Å²) < 4.78 is 0. The van der Waals surface area contributed by atoms with Gasteiger partial charge >= 0.3 is 12.0 Å². The average molecular weight is 479 g/mol. The monoisotopic (exact) mass is 478 g/mol. The SMILES string of the molecule is Cc1ccccc1NC(=O)Nc1ccc(CC(=O)N2CC=CC2C(=O)NCCCCC(=O)O)cc1. The van der Waals surface area contributed by atoms with E-state index in [4.69, 9.17) is 5.11 Å². The average Bonchev–Trinajstić information content (AvgIpc) is 3.32. The van der Waals surface area contributed by atoms with Crippen LogP contribution in [0.15, 0.2) is 60.7 Å². The normalized spacial score (nSPS) is 14.4. The van der Waals surface area contributed by atoms with Crippen molar-refractivity contribution in [3.05, 3.63) is 71.8 Å². The Balaban J connectivity index is 1.47. The Kier molecular flexibility index (Phi) is 9.00. The van der Waals surface area contributed by atoms with Gasteiger partial charge in [-0.15, -0.1) is 0 Å². The van der Waals surface area contributed by atoms with Crippen molar-refractivity contribution in [2.75, 3.05) is 23.7 Å². The van der Waals surface area contributed by atoms with Crippen molar-refractivity contribution in [1.29, 1.82) is 0 Å². The first-order valence-electron chi connectivity index (χ1n) is 11.5. The number of unbranched alkanes of at least 4 members (excludes halogenated alkanes) is 1. The van der Waals surface area contributed by atoms with E-state index < -0.39 is 12.0 Å². The Hall–Kier alpha value is -4.14. The number of carbonyl (C=O) groups is 4. The number of amides is 4. The van der Waals surface area contributed by atoms with Gasteiger partial charge in [0.25, 0.3) is 0 Å². The van der Waals surface area contributed by atoms with Gasteiger partial charge in [-0.3, -0.25) is 14.4 Å². The summed E-state index contributed by atoms with van der Waals surface area (Å²) in [5.74, 6) is -1.32. The molecule has 0 bridgehead atoms. The molecule has 4 N–H and O–H groups in total. The molecule has 0 aliphatic carbocycles. The predicted octanol–water partition coefficient (Wildman–Crippen LogP) is 3.32. The van der Waals surface area contributed by atoms with Crippen LogP contribution in [0.3, 0.4) is 0 Å². The highest BCUT2D eigenvalue weighted by atomic mass is 16.4. The molecule has 9 heteroatoms. The Morgan fingerprint density at radius 1 is 1.00 bits per heavy atom. The predicted molar refractivity (Wildman–Crippen MR) is 133 cm³/mol. The molecule has 1 heterocycles. The zero-order chi connectivity index (χ0) is 25.2. The number of carboxylic acids is 1. The molecule has 9 nitrogen and oxygen atoms in total. The fraction of sp³-hybridized carbons (Fsp3) is 0.308. The second kappa shape index (κ2) is 12.4. The van der Waals surface area contributed by atoms with Crippen molar-refractivity contribution in [1.82, 2.24) is 10.2 Å². The number of aliphatic carboxylic acids is 1. The molecule has 0 radical (unpaired) electrons. The maximum absolute atomic E-state index is 12.8. The molecule has 35 heavy (non-hydrogen) atoms. The van der Waals surface area contributed by atoms with Crippen molar-refractivity contribution >= 4 is 35.2 Å². The number of hydrogen-bond donors (Lipinski definition) is 4. The molecule has 2 aromatic rings. The molecule has 2 aromatic carbocycles. The smallest absolute Gasteiger partial charge is 0.323 e. The Morgan fingerprint density at radius 3 is 2.46 bits per heavy atom. The minimum absolute atomic E-state index is 0.0650. The lowest BCUT2D eigenvalue weighted by molar-refractivity contribution is -0.137. The molecule has 0 fully saturated rings. The third-order valence-electron chi connectivity index (χ3n) is 5.62. The van der Waals surface area contributed by atoms with Crippen LogP contribution in [-0.2, 0) is 20.8 Å². The molecule has 1 aliphatic rings. The van der Waals surface area contributed by atoms with Gasteiger partial charge in [0, 0.05) is 30.9 Å². The van der Waals surface area contributed by atoms with Crippen LogP contribution in [0.5, 0.6) is 0 Å². The number of anilines is 2. The van der Waals surface area contributed by atoms with E-state index in [0.29, 0.717) is 31.6 Å². The first-order chi connectivity index (χ1) is 16.8. The van der Waals surface area contributed by atoms with Crippen molar-refractivity contribution in [2.45, 2.75) is 38.6 Å². The zero-order valence-corrected chi connectivity index (χ0v) is 19.6. The highest BCUT2D eigenvalue weighted by Crippen LogP contribution is 2.17. The standard InChI is InChI=1S/C26H30N4O5/c1-18-7-2-3-8-21(18)29-26(35)28-20-13-11-19(12-14-20)17-23(31)30-16-6-9-22(30)25(34)27-15-5-4-10-24(32)33/h2-3,6-9,11-14,22H,4-5,10,15-17H2,1H3,(H,27,34)(H,32,33)(H2,28,29,35). The number of nitrogens with one attached hydrogen (secondary N) is 3. The molecule has 0 saturated heterocycles. The second-order valence-corrected chi connectivity index (χ2v) is 8.33. The third kappa shape index (κ3) is 7.70. The summed E-state index contributed by atoms with van der Waals surface area (Å²) in [5.41, 5.74) is 3.04. The van der Waals surface area contributed by atoms with Crippen LogP contribution < -0.4 is 16.0 Å². The van der Waals surface area contributed by atoms with Gasteiger partial charge in [-0.25, -0.2) is 4.79 Å². The fourth-order valence-corrected chi connectivity index (χ4v) is 3.70. The van der Waals surface area contributed by atoms with E-state index >= 15 is 0 Å². The third-order valence-corrected chi connectivity index (χ3v) is 5.62. The van der Waals surface area contributed by atoms with Crippen LogP contribution in [0.25, 0.3) is 0 Å². The first-order valence-corrected chi connectivity index (χ1v) is 11.5. The van der Waals surface area contributed by atoms with Gasteiger partial charge in [-0.1, -0.05) is 42.5 Å².